The molecule has 1 heterocycles. The van der Waals surface area contributed by atoms with Crippen molar-refractivity contribution in [1.29, 1.82) is 0 Å². The van der Waals surface area contributed by atoms with Gasteiger partial charge in [-0.15, -0.1) is 0 Å². The minimum atomic E-state index is -1.22. The van der Waals surface area contributed by atoms with Crippen LogP contribution in [0.25, 0.3) is 0 Å². The van der Waals surface area contributed by atoms with Crippen LogP contribution in [0.4, 0.5) is 5.69 Å². The monoisotopic (exact) mass is 318 g/mol. The van der Waals surface area contributed by atoms with E-state index in [1.807, 2.05) is 24.3 Å². The molecule has 0 bridgehead atoms. The summed E-state index contributed by atoms with van der Waals surface area (Å²) in [5.74, 6) is 0. The van der Waals surface area contributed by atoms with Gasteiger partial charge >= 0.3 is 0 Å². The highest BCUT2D eigenvalue weighted by atomic mass is 79.9. The molecule has 0 aliphatic carbocycles. The first-order valence-electron chi connectivity index (χ1n) is 5.51. The quantitative estimate of drug-likeness (QED) is 0.496. The van der Waals surface area contributed by atoms with Crippen LogP contribution in [0.5, 0.6) is 0 Å². The fourth-order valence-electron chi connectivity index (χ4n) is 1.62. The number of hydrogen-bond donors (Lipinski definition) is 5. The van der Waals surface area contributed by atoms with Crippen LogP contribution < -0.4 is 10.9 Å². The number of rotatable bonds is 3. The van der Waals surface area contributed by atoms with Gasteiger partial charge in [-0.1, -0.05) is 15.9 Å². The fraction of sp³-hybridized carbons (Fsp3) is 0.455. The van der Waals surface area contributed by atoms with E-state index in [9.17, 15) is 15.3 Å². The van der Waals surface area contributed by atoms with Gasteiger partial charge < -0.3 is 25.5 Å². The van der Waals surface area contributed by atoms with Crippen molar-refractivity contribution in [1.82, 2.24) is 5.43 Å². The van der Waals surface area contributed by atoms with Gasteiger partial charge in [0.25, 0.3) is 0 Å². The lowest BCUT2D eigenvalue weighted by molar-refractivity contribution is -0.193. The second-order valence-electron chi connectivity index (χ2n) is 4.08. The molecule has 1 saturated heterocycles. The molecule has 7 heteroatoms. The van der Waals surface area contributed by atoms with Crippen LogP contribution in [0.1, 0.15) is 0 Å². The smallest absolute Gasteiger partial charge is 0.153 e. The lowest BCUT2D eigenvalue weighted by atomic mass is 10.1. The summed E-state index contributed by atoms with van der Waals surface area (Å²) >= 11 is 3.32. The maximum atomic E-state index is 9.69. The minimum absolute atomic E-state index is 0.0299. The Morgan fingerprint density at radius 1 is 1.11 bits per heavy atom. The van der Waals surface area contributed by atoms with E-state index in [1.165, 1.54) is 0 Å². The van der Waals surface area contributed by atoms with Crippen molar-refractivity contribution in [3.8, 4) is 0 Å². The zero-order chi connectivity index (χ0) is 13.1. The number of aliphatic hydroxyl groups is 3. The maximum Gasteiger partial charge on any atom is 0.153 e. The van der Waals surface area contributed by atoms with Gasteiger partial charge in [0.05, 0.1) is 6.61 Å². The normalized spacial score (nSPS) is 32.2. The van der Waals surface area contributed by atoms with Crippen molar-refractivity contribution in [3.05, 3.63) is 28.7 Å². The molecule has 0 spiro atoms. The highest BCUT2D eigenvalue weighted by Gasteiger charge is 2.37. The lowest BCUT2D eigenvalue weighted by Gasteiger charge is -2.35. The van der Waals surface area contributed by atoms with Crippen molar-refractivity contribution in [2.24, 2.45) is 0 Å². The van der Waals surface area contributed by atoms with E-state index in [2.05, 4.69) is 26.8 Å². The number of benzene rings is 1. The number of ether oxygens (including phenoxy) is 1. The summed E-state index contributed by atoms with van der Waals surface area (Å²) in [7, 11) is 0. The summed E-state index contributed by atoms with van der Waals surface area (Å²) in [6.07, 6.45) is -4.27. The van der Waals surface area contributed by atoms with Crippen molar-refractivity contribution in [2.45, 2.75) is 24.5 Å². The molecule has 2 rings (SSSR count). The Balaban J connectivity index is 1.88. The lowest BCUT2D eigenvalue weighted by Crippen LogP contribution is -2.58. The zero-order valence-electron chi connectivity index (χ0n) is 9.45. The molecule has 18 heavy (non-hydrogen) atoms. The number of hydrogen-bond acceptors (Lipinski definition) is 6. The summed E-state index contributed by atoms with van der Waals surface area (Å²) in [4.78, 5) is 0. The number of aliphatic hydroxyl groups excluding tert-OH is 3. The molecule has 0 aromatic heterocycles. The van der Waals surface area contributed by atoms with E-state index in [0.717, 1.165) is 10.2 Å². The van der Waals surface area contributed by atoms with Gasteiger partial charge in [0.15, 0.2) is 6.23 Å². The second-order valence-corrected chi connectivity index (χ2v) is 4.99. The van der Waals surface area contributed by atoms with Crippen molar-refractivity contribution < 1.29 is 20.1 Å². The molecule has 1 aromatic carbocycles. The van der Waals surface area contributed by atoms with Gasteiger partial charge in [-0.3, -0.25) is 0 Å². The van der Waals surface area contributed by atoms with Crippen LogP contribution in [-0.2, 0) is 4.74 Å². The average Bonchev–Trinajstić information content (AvgIpc) is 2.37. The third-order valence-electron chi connectivity index (χ3n) is 2.70. The van der Waals surface area contributed by atoms with Crippen LogP contribution in [0.3, 0.4) is 0 Å². The predicted octanol–water partition coefficient (Wildman–Crippen LogP) is -0.195. The van der Waals surface area contributed by atoms with Crippen LogP contribution in [0.2, 0.25) is 0 Å². The number of hydrazine groups is 1. The molecular weight excluding hydrogens is 304 g/mol. The molecule has 0 saturated carbocycles. The Morgan fingerprint density at radius 2 is 1.78 bits per heavy atom. The van der Waals surface area contributed by atoms with Crippen molar-refractivity contribution in [3.63, 3.8) is 0 Å². The van der Waals surface area contributed by atoms with E-state index in [-0.39, 0.29) is 6.61 Å². The molecule has 4 unspecified atom stereocenters. The molecule has 1 fully saturated rings. The summed E-state index contributed by atoms with van der Waals surface area (Å²) in [6.45, 7) is -0.0299. The molecular formula is C11H15BrN2O4. The molecule has 1 aromatic rings. The van der Waals surface area contributed by atoms with E-state index in [1.54, 1.807) is 0 Å². The van der Waals surface area contributed by atoms with E-state index in [4.69, 9.17) is 4.74 Å². The Kier molecular flexibility index (Phi) is 4.55. The first kappa shape index (κ1) is 13.7. The predicted molar refractivity (Wildman–Crippen MR) is 68.7 cm³/mol. The van der Waals surface area contributed by atoms with Gasteiger partial charge in [0.2, 0.25) is 0 Å². The maximum absolute atomic E-state index is 9.69. The summed E-state index contributed by atoms with van der Waals surface area (Å²) in [5, 5.41) is 28.5. The molecule has 4 atom stereocenters. The van der Waals surface area contributed by atoms with Gasteiger partial charge in [-0.05, 0) is 24.3 Å². The third-order valence-corrected chi connectivity index (χ3v) is 3.23. The highest BCUT2D eigenvalue weighted by Crippen LogP contribution is 2.16. The van der Waals surface area contributed by atoms with Gasteiger partial charge in [-0.2, -0.15) is 0 Å². The topological polar surface area (TPSA) is 94.0 Å². The molecule has 100 valence electrons. The van der Waals surface area contributed by atoms with Crippen LogP contribution in [-0.4, -0.2) is 46.5 Å². The minimum Gasteiger partial charge on any atom is -0.388 e. The summed E-state index contributed by atoms with van der Waals surface area (Å²) < 4.78 is 6.13. The summed E-state index contributed by atoms with van der Waals surface area (Å²) in [6, 6.07) is 7.39. The van der Waals surface area contributed by atoms with Crippen LogP contribution >= 0.6 is 15.9 Å². The van der Waals surface area contributed by atoms with Gasteiger partial charge in [0.1, 0.15) is 18.3 Å². The first-order valence-corrected chi connectivity index (χ1v) is 6.30. The second kappa shape index (κ2) is 5.96. The highest BCUT2D eigenvalue weighted by molar-refractivity contribution is 9.10. The molecule has 1 aliphatic heterocycles. The third kappa shape index (κ3) is 3.19. The Bertz CT molecular complexity index is 389. The number of anilines is 1. The number of halogens is 1. The van der Waals surface area contributed by atoms with Crippen molar-refractivity contribution in [2.75, 3.05) is 12.0 Å². The Morgan fingerprint density at radius 3 is 2.44 bits per heavy atom. The zero-order valence-corrected chi connectivity index (χ0v) is 11.0. The molecule has 0 amide bonds. The SMILES string of the molecule is OC1COC(NNc2ccc(Br)cc2)C(O)C1O. The standard InChI is InChI=1S/C11H15BrN2O4/c12-6-1-3-7(4-2-6)13-14-11-10(17)9(16)8(15)5-18-11/h1-4,8-11,13-17H,5H2. The Hall–Kier alpha value is -0.700. The fourth-order valence-corrected chi connectivity index (χ4v) is 1.89. The van der Waals surface area contributed by atoms with E-state index < -0.39 is 24.5 Å². The molecule has 0 radical (unpaired) electrons. The molecule has 6 nitrogen and oxygen atoms in total. The average molecular weight is 319 g/mol. The van der Waals surface area contributed by atoms with Gasteiger partial charge in [0, 0.05) is 10.2 Å². The number of nitrogens with one attached hydrogen (secondary N) is 2. The largest absolute Gasteiger partial charge is 0.388 e. The summed E-state index contributed by atoms with van der Waals surface area (Å²) in [5.41, 5.74) is 6.39. The van der Waals surface area contributed by atoms with Crippen LogP contribution in [0, 0.1) is 0 Å². The first-order chi connectivity index (χ1) is 8.58. The molecule has 1 aliphatic rings. The van der Waals surface area contributed by atoms with Crippen molar-refractivity contribution >= 4 is 21.6 Å². The van der Waals surface area contributed by atoms with Crippen LogP contribution in [0.15, 0.2) is 28.7 Å². The Labute approximate surface area is 113 Å². The van der Waals surface area contributed by atoms with E-state index >= 15 is 0 Å². The van der Waals surface area contributed by atoms with Gasteiger partial charge in [-0.25, -0.2) is 5.43 Å². The molecule has 5 N–H and O–H groups in total. The van der Waals surface area contributed by atoms with E-state index in [0.29, 0.717) is 0 Å².